The van der Waals surface area contributed by atoms with Gasteiger partial charge in [0.25, 0.3) is 5.91 Å². The zero-order valence-corrected chi connectivity index (χ0v) is 13.5. The molecule has 23 heavy (non-hydrogen) atoms. The summed E-state index contributed by atoms with van der Waals surface area (Å²) in [7, 11) is 0. The molecule has 1 aromatic heterocycles. The number of aromatic nitrogens is 2. The van der Waals surface area contributed by atoms with Crippen molar-refractivity contribution in [2.45, 2.75) is 26.3 Å². The van der Waals surface area contributed by atoms with Gasteiger partial charge in [-0.05, 0) is 13.3 Å². The standard InChI is InChI=1S/C18H21N3O2/c1-3-15-12-23-10-9-21(15)18(22)16-11-19-17(20-13(16)2)14-7-5-4-6-8-14/h4-8,11,15H,3,9-10,12H2,1-2H3. The Morgan fingerprint density at radius 2 is 2.13 bits per heavy atom. The van der Waals surface area contributed by atoms with Crippen LogP contribution in [0.1, 0.15) is 29.4 Å². The summed E-state index contributed by atoms with van der Waals surface area (Å²) in [4.78, 5) is 23.6. The molecule has 0 N–H and O–H groups in total. The first kappa shape index (κ1) is 15.6. The van der Waals surface area contributed by atoms with Crippen LogP contribution in [0.3, 0.4) is 0 Å². The fraction of sp³-hybridized carbons (Fsp3) is 0.389. The van der Waals surface area contributed by atoms with Crippen LogP contribution >= 0.6 is 0 Å². The molecule has 120 valence electrons. The molecule has 2 heterocycles. The summed E-state index contributed by atoms with van der Waals surface area (Å²) in [5.41, 5.74) is 2.24. The van der Waals surface area contributed by atoms with E-state index in [1.165, 1.54) is 0 Å². The van der Waals surface area contributed by atoms with E-state index in [1.807, 2.05) is 42.2 Å². The van der Waals surface area contributed by atoms with Gasteiger partial charge in [0.05, 0.1) is 30.5 Å². The number of rotatable bonds is 3. The summed E-state index contributed by atoms with van der Waals surface area (Å²) in [6.45, 7) is 5.75. The van der Waals surface area contributed by atoms with Crippen LogP contribution in [0, 0.1) is 6.92 Å². The van der Waals surface area contributed by atoms with Crippen molar-refractivity contribution < 1.29 is 9.53 Å². The van der Waals surface area contributed by atoms with E-state index in [4.69, 9.17) is 4.74 Å². The van der Waals surface area contributed by atoms with Crippen LogP contribution in [-0.2, 0) is 4.74 Å². The van der Waals surface area contributed by atoms with Gasteiger partial charge < -0.3 is 9.64 Å². The lowest BCUT2D eigenvalue weighted by atomic mass is 10.1. The molecule has 1 aliphatic heterocycles. The van der Waals surface area contributed by atoms with Crippen LogP contribution in [-0.4, -0.2) is 46.6 Å². The molecule has 1 aliphatic rings. The average molecular weight is 311 g/mol. The Balaban J connectivity index is 1.87. The van der Waals surface area contributed by atoms with Gasteiger partial charge in [0, 0.05) is 18.3 Å². The highest BCUT2D eigenvalue weighted by Crippen LogP contribution is 2.19. The van der Waals surface area contributed by atoms with E-state index in [-0.39, 0.29) is 11.9 Å². The molecule has 1 amide bonds. The highest BCUT2D eigenvalue weighted by atomic mass is 16.5. The summed E-state index contributed by atoms with van der Waals surface area (Å²) in [6.07, 6.45) is 2.53. The number of hydrogen-bond acceptors (Lipinski definition) is 4. The average Bonchev–Trinajstić information content (AvgIpc) is 2.61. The Hall–Kier alpha value is -2.27. The van der Waals surface area contributed by atoms with Crippen molar-refractivity contribution >= 4 is 5.91 Å². The lowest BCUT2D eigenvalue weighted by Crippen LogP contribution is -2.48. The molecule has 0 bridgehead atoms. The second-order valence-corrected chi connectivity index (χ2v) is 5.69. The predicted octanol–water partition coefficient (Wildman–Crippen LogP) is 2.70. The van der Waals surface area contributed by atoms with Crippen LogP contribution < -0.4 is 0 Å². The molecule has 1 saturated heterocycles. The Morgan fingerprint density at radius 3 is 2.83 bits per heavy atom. The maximum Gasteiger partial charge on any atom is 0.257 e. The zero-order chi connectivity index (χ0) is 16.2. The number of carbonyl (C=O) groups is 1. The number of nitrogens with zero attached hydrogens (tertiary/aromatic N) is 3. The third kappa shape index (κ3) is 3.24. The smallest absolute Gasteiger partial charge is 0.257 e. The van der Waals surface area contributed by atoms with Crippen molar-refractivity contribution in [1.29, 1.82) is 0 Å². The second kappa shape index (κ2) is 6.87. The number of ether oxygens (including phenoxy) is 1. The molecule has 0 radical (unpaired) electrons. The second-order valence-electron chi connectivity index (χ2n) is 5.69. The Labute approximate surface area is 136 Å². The van der Waals surface area contributed by atoms with Gasteiger partial charge in [0.15, 0.2) is 5.82 Å². The lowest BCUT2D eigenvalue weighted by molar-refractivity contribution is -0.00288. The minimum Gasteiger partial charge on any atom is -0.377 e. The van der Waals surface area contributed by atoms with E-state index in [1.54, 1.807) is 6.20 Å². The van der Waals surface area contributed by atoms with Crippen molar-refractivity contribution in [1.82, 2.24) is 14.9 Å². The molecular formula is C18H21N3O2. The summed E-state index contributed by atoms with van der Waals surface area (Å²) < 4.78 is 5.47. The van der Waals surface area contributed by atoms with Gasteiger partial charge in [-0.1, -0.05) is 37.3 Å². The number of hydrogen-bond donors (Lipinski definition) is 0. The first-order valence-electron chi connectivity index (χ1n) is 7.98. The number of aryl methyl sites for hydroxylation is 1. The van der Waals surface area contributed by atoms with Gasteiger partial charge >= 0.3 is 0 Å². The van der Waals surface area contributed by atoms with E-state index in [9.17, 15) is 4.79 Å². The van der Waals surface area contributed by atoms with Crippen LogP contribution in [0.2, 0.25) is 0 Å². The minimum absolute atomic E-state index is 0.00254. The van der Waals surface area contributed by atoms with E-state index in [0.29, 0.717) is 36.8 Å². The third-order valence-electron chi connectivity index (χ3n) is 4.20. The fourth-order valence-electron chi connectivity index (χ4n) is 2.82. The van der Waals surface area contributed by atoms with E-state index >= 15 is 0 Å². The molecule has 2 aromatic rings. The predicted molar refractivity (Wildman–Crippen MR) is 88.1 cm³/mol. The van der Waals surface area contributed by atoms with Crippen molar-refractivity contribution in [2.24, 2.45) is 0 Å². The molecule has 0 aliphatic carbocycles. The maximum absolute atomic E-state index is 12.8. The molecule has 5 heteroatoms. The molecule has 1 atom stereocenters. The molecule has 1 fully saturated rings. The highest BCUT2D eigenvalue weighted by molar-refractivity contribution is 5.95. The topological polar surface area (TPSA) is 55.3 Å². The van der Waals surface area contributed by atoms with E-state index < -0.39 is 0 Å². The van der Waals surface area contributed by atoms with Gasteiger partial charge in [-0.3, -0.25) is 4.79 Å². The summed E-state index contributed by atoms with van der Waals surface area (Å²) in [5.74, 6) is 0.644. The molecule has 5 nitrogen and oxygen atoms in total. The van der Waals surface area contributed by atoms with Crippen LogP contribution in [0.15, 0.2) is 36.5 Å². The SMILES string of the molecule is CCC1COCCN1C(=O)c1cnc(-c2ccccc2)nc1C. The Morgan fingerprint density at radius 1 is 1.35 bits per heavy atom. The van der Waals surface area contributed by atoms with Crippen LogP contribution in [0.4, 0.5) is 0 Å². The van der Waals surface area contributed by atoms with Gasteiger partial charge in [0.1, 0.15) is 0 Å². The van der Waals surface area contributed by atoms with Gasteiger partial charge in [-0.2, -0.15) is 0 Å². The van der Waals surface area contributed by atoms with Crippen molar-refractivity contribution in [3.63, 3.8) is 0 Å². The largest absolute Gasteiger partial charge is 0.377 e. The van der Waals surface area contributed by atoms with Crippen LogP contribution in [0.5, 0.6) is 0 Å². The number of benzene rings is 1. The van der Waals surface area contributed by atoms with Gasteiger partial charge in [-0.25, -0.2) is 9.97 Å². The monoisotopic (exact) mass is 311 g/mol. The maximum atomic E-state index is 12.8. The zero-order valence-electron chi connectivity index (χ0n) is 13.5. The quantitative estimate of drug-likeness (QED) is 0.874. The first-order chi connectivity index (χ1) is 11.2. The number of morpholine rings is 1. The van der Waals surface area contributed by atoms with Gasteiger partial charge in [0.2, 0.25) is 0 Å². The summed E-state index contributed by atoms with van der Waals surface area (Å²) in [5, 5.41) is 0. The molecule has 1 unspecified atom stereocenters. The van der Waals surface area contributed by atoms with E-state index in [0.717, 1.165) is 12.0 Å². The molecule has 3 rings (SSSR count). The lowest BCUT2D eigenvalue weighted by Gasteiger charge is -2.35. The van der Waals surface area contributed by atoms with E-state index in [2.05, 4.69) is 16.9 Å². The summed E-state index contributed by atoms with van der Waals surface area (Å²) in [6, 6.07) is 9.91. The molecule has 0 saturated carbocycles. The normalized spacial score (nSPS) is 18.0. The van der Waals surface area contributed by atoms with Crippen molar-refractivity contribution in [2.75, 3.05) is 19.8 Å². The fourth-order valence-corrected chi connectivity index (χ4v) is 2.82. The molecule has 0 spiro atoms. The summed E-state index contributed by atoms with van der Waals surface area (Å²) >= 11 is 0. The molecule has 1 aromatic carbocycles. The number of carbonyl (C=O) groups excluding carboxylic acids is 1. The minimum atomic E-state index is -0.00254. The van der Waals surface area contributed by atoms with Crippen molar-refractivity contribution in [3.8, 4) is 11.4 Å². The highest BCUT2D eigenvalue weighted by Gasteiger charge is 2.28. The van der Waals surface area contributed by atoms with Crippen molar-refractivity contribution in [3.05, 3.63) is 47.8 Å². The first-order valence-corrected chi connectivity index (χ1v) is 7.98. The third-order valence-corrected chi connectivity index (χ3v) is 4.20. The van der Waals surface area contributed by atoms with Crippen LogP contribution in [0.25, 0.3) is 11.4 Å². The Kier molecular flexibility index (Phi) is 4.67. The van der Waals surface area contributed by atoms with Gasteiger partial charge in [-0.15, -0.1) is 0 Å². The molecular weight excluding hydrogens is 290 g/mol. The Bertz CT molecular complexity index is 688. The number of amides is 1.